The highest BCUT2D eigenvalue weighted by molar-refractivity contribution is 7.17. The Morgan fingerprint density at radius 2 is 2.04 bits per heavy atom. The van der Waals surface area contributed by atoms with Gasteiger partial charge in [0.05, 0.1) is 25.6 Å². The molecule has 1 aliphatic rings. The molecule has 2 heterocycles. The molecule has 4 rings (SSSR count). The van der Waals surface area contributed by atoms with Crippen LogP contribution in [0.3, 0.4) is 0 Å². The number of ether oxygens (including phenoxy) is 2. The summed E-state index contributed by atoms with van der Waals surface area (Å²) in [7, 11) is 3.34. The molecule has 0 fully saturated rings. The van der Waals surface area contributed by atoms with Crippen molar-refractivity contribution in [2.24, 2.45) is 5.73 Å². The molecule has 6 heteroatoms. The summed E-state index contributed by atoms with van der Waals surface area (Å²) in [5.41, 5.74) is 10.4. The predicted molar refractivity (Wildman–Crippen MR) is 96.1 cm³/mol. The fraction of sp³-hybridized carbons (Fsp3) is 0.389. The number of nitrogens with zero attached hydrogens (tertiary/aromatic N) is 2. The Morgan fingerprint density at radius 1 is 1.21 bits per heavy atom. The first kappa shape index (κ1) is 15.5. The maximum Gasteiger partial charge on any atom is 0.194 e. The van der Waals surface area contributed by atoms with Crippen LogP contribution >= 0.6 is 11.3 Å². The van der Waals surface area contributed by atoms with E-state index in [1.54, 1.807) is 25.6 Å². The van der Waals surface area contributed by atoms with Crippen molar-refractivity contribution < 1.29 is 9.47 Å². The van der Waals surface area contributed by atoms with E-state index >= 15 is 0 Å². The third-order valence-corrected chi connectivity index (χ3v) is 5.81. The largest absolute Gasteiger partial charge is 0.497 e. The van der Waals surface area contributed by atoms with E-state index in [0.717, 1.165) is 46.3 Å². The number of aromatic nitrogens is 2. The van der Waals surface area contributed by atoms with E-state index < -0.39 is 0 Å². The number of methoxy groups -OCH3 is 2. The van der Waals surface area contributed by atoms with E-state index in [4.69, 9.17) is 20.2 Å². The zero-order valence-electron chi connectivity index (χ0n) is 14.0. The molecule has 0 unspecified atom stereocenters. The molecule has 0 bridgehead atoms. The molecule has 0 aliphatic heterocycles. The van der Waals surface area contributed by atoms with Crippen LogP contribution in [0.5, 0.6) is 11.5 Å². The fourth-order valence-electron chi connectivity index (χ4n) is 3.50. The lowest BCUT2D eigenvalue weighted by atomic mass is 10.0. The molecule has 2 N–H and O–H groups in total. The van der Waals surface area contributed by atoms with Gasteiger partial charge in [-0.05, 0) is 43.9 Å². The SMILES string of the molecule is COc1ccc(OC)c(-c2nc3sc4c(n3c2CN)CCCC4)c1. The second-order valence-corrected chi connectivity index (χ2v) is 7.04. The highest BCUT2D eigenvalue weighted by Gasteiger charge is 2.24. The van der Waals surface area contributed by atoms with Gasteiger partial charge in [-0.2, -0.15) is 0 Å². The van der Waals surface area contributed by atoms with Gasteiger partial charge in [0, 0.05) is 22.7 Å². The number of benzene rings is 1. The van der Waals surface area contributed by atoms with E-state index in [-0.39, 0.29) is 0 Å². The lowest BCUT2D eigenvalue weighted by molar-refractivity contribution is 0.404. The van der Waals surface area contributed by atoms with Gasteiger partial charge in [-0.15, -0.1) is 11.3 Å². The summed E-state index contributed by atoms with van der Waals surface area (Å²) < 4.78 is 13.2. The van der Waals surface area contributed by atoms with Crippen LogP contribution in [-0.4, -0.2) is 23.6 Å². The van der Waals surface area contributed by atoms with Crippen LogP contribution in [0.25, 0.3) is 16.2 Å². The van der Waals surface area contributed by atoms with Gasteiger partial charge in [0.25, 0.3) is 0 Å². The number of thiazole rings is 1. The molecular formula is C18H21N3O2S. The quantitative estimate of drug-likeness (QED) is 0.788. The van der Waals surface area contributed by atoms with Gasteiger partial charge in [-0.1, -0.05) is 0 Å². The van der Waals surface area contributed by atoms with E-state index in [0.29, 0.717) is 6.54 Å². The fourth-order valence-corrected chi connectivity index (χ4v) is 4.73. The second kappa shape index (κ2) is 6.11. The van der Waals surface area contributed by atoms with Crippen molar-refractivity contribution in [3.8, 4) is 22.8 Å². The molecule has 1 aliphatic carbocycles. The Balaban J connectivity index is 1.96. The lowest BCUT2D eigenvalue weighted by Gasteiger charge is -2.13. The monoisotopic (exact) mass is 343 g/mol. The molecule has 0 saturated carbocycles. The third-order valence-electron chi connectivity index (χ3n) is 4.67. The summed E-state index contributed by atoms with van der Waals surface area (Å²) in [4.78, 5) is 7.40. The molecule has 1 aromatic carbocycles. The number of hydrogen-bond acceptors (Lipinski definition) is 5. The minimum atomic E-state index is 0.444. The average molecular weight is 343 g/mol. The van der Waals surface area contributed by atoms with Crippen molar-refractivity contribution in [1.29, 1.82) is 0 Å². The van der Waals surface area contributed by atoms with Crippen LogP contribution in [0.15, 0.2) is 18.2 Å². The van der Waals surface area contributed by atoms with E-state index in [1.807, 2.05) is 18.2 Å². The summed E-state index contributed by atoms with van der Waals surface area (Å²) in [6.07, 6.45) is 4.77. The maximum absolute atomic E-state index is 6.12. The van der Waals surface area contributed by atoms with Gasteiger partial charge in [-0.3, -0.25) is 4.40 Å². The Bertz CT molecular complexity index is 897. The number of nitrogens with two attached hydrogens (primary N) is 1. The topological polar surface area (TPSA) is 61.8 Å². The highest BCUT2D eigenvalue weighted by atomic mass is 32.1. The molecule has 3 aromatic rings. The smallest absolute Gasteiger partial charge is 0.194 e. The van der Waals surface area contributed by atoms with Crippen molar-refractivity contribution in [2.45, 2.75) is 32.2 Å². The van der Waals surface area contributed by atoms with Crippen molar-refractivity contribution >= 4 is 16.3 Å². The molecule has 2 aromatic heterocycles. The first-order valence-electron chi connectivity index (χ1n) is 8.21. The molecule has 126 valence electrons. The van der Waals surface area contributed by atoms with Crippen molar-refractivity contribution in [3.05, 3.63) is 34.5 Å². The van der Waals surface area contributed by atoms with Gasteiger partial charge < -0.3 is 15.2 Å². The van der Waals surface area contributed by atoms with E-state index in [2.05, 4.69) is 4.40 Å². The lowest BCUT2D eigenvalue weighted by Crippen LogP contribution is -2.08. The van der Waals surface area contributed by atoms with Gasteiger partial charge in [0.1, 0.15) is 11.5 Å². The normalized spacial score (nSPS) is 14.0. The third kappa shape index (κ3) is 2.29. The van der Waals surface area contributed by atoms with E-state index in [9.17, 15) is 0 Å². The van der Waals surface area contributed by atoms with Gasteiger partial charge in [0.15, 0.2) is 4.96 Å². The predicted octanol–water partition coefficient (Wildman–Crippen LogP) is 3.42. The molecule has 5 nitrogen and oxygen atoms in total. The highest BCUT2D eigenvalue weighted by Crippen LogP contribution is 2.39. The van der Waals surface area contributed by atoms with Crippen LogP contribution in [0.2, 0.25) is 0 Å². The van der Waals surface area contributed by atoms with E-state index in [1.165, 1.54) is 23.4 Å². The summed E-state index contributed by atoms with van der Waals surface area (Å²) in [6.45, 7) is 0.444. The van der Waals surface area contributed by atoms with Crippen molar-refractivity contribution in [2.75, 3.05) is 14.2 Å². The summed E-state index contributed by atoms with van der Waals surface area (Å²) >= 11 is 1.79. The first-order chi connectivity index (χ1) is 11.8. The molecular weight excluding hydrogens is 322 g/mol. The molecule has 24 heavy (non-hydrogen) atoms. The summed E-state index contributed by atoms with van der Waals surface area (Å²) in [5.74, 6) is 1.57. The van der Waals surface area contributed by atoms with Gasteiger partial charge >= 0.3 is 0 Å². The number of imidazole rings is 1. The van der Waals surface area contributed by atoms with Crippen molar-refractivity contribution in [1.82, 2.24) is 9.38 Å². The Kier molecular flexibility index (Phi) is 3.94. The van der Waals surface area contributed by atoms with Gasteiger partial charge in [-0.25, -0.2) is 4.98 Å². The number of aryl methyl sites for hydroxylation is 2. The number of fused-ring (bicyclic) bond motifs is 3. The zero-order chi connectivity index (χ0) is 16.7. The van der Waals surface area contributed by atoms with Crippen LogP contribution in [0.4, 0.5) is 0 Å². The average Bonchev–Trinajstić information content (AvgIpc) is 3.16. The molecule has 0 saturated heterocycles. The number of hydrogen-bond donors (Lipinski definition) is 1. The molecule has 0 spiro atoms. The standard InChI is InChI=1S/C18H21N3O2S/c1-22-11-7-8-15(23-2)12(9-11)17-14(10-19)21-13-5-3-4-6-16(13)24-18(21)20-17/h7-9H,3-6,10,19H2,1-2H3. The van der Waals surface area contributed by atoms with Crippen LogP contribution in [-0.2, 0) is 19.4 Å². The summed E-state index contributed by atoms with van der Waals surface area (Å²) in [5, 5.41) is 0. The van der Waals surface area contributed by atoms with Gasteiger partial charge in [0.2, 0.25) is 0 Å². The zero-order valence-corrected chi connectivity index (χ0v) is 14.8. The van der Waals surface area contributed by atoms with Crippen LogP contribution < -0.4 is 15.2 Å². The van der Waals surface area contributed by atoms with Crippen LogP contribution in [0, 0.1) is 0 Å². The van der Waals surface area contributed by atoms with Crippen molar-refractivity contribution in [3.63, 3.8) is 0 Å². The molecule has 0 radical (unpaired) electrons. The Labute approximate surface area is 145 Å². The van der Waals surface area contributed by atoms with Crippen LogP contribution in [0.1, 0.15) is 29.1 Å². The first-order valence-corrected chi connectivity index (χ1v) is 9.02. The number of rotatable bonds is 4. The maximum atomic E-state index is 6.12. The molecule has 0 atom stereocenters. The second-order valence-electron chi connectivity index (χ2n) is 5.97. The minimum absolute atomic E-state index is 0.444. The minimum Gasteiger partial charge on any atom is -0.497 e. The molecule has 0 amide bonds. The summed E-state index contributed by atoms with van der Waals surface area (Å²) in [6, 6.07) is 5.78. The Morgan fingerprint density at radius 3 is 2.79 bits per heavy atom. The Hall–Kier alpha value is -2.05.